The molecule has 15 heavy (non-hydrogen) atoms. The Morgan fingerprint density at radius 2 is 2.07 bits per heavy atom. The van der Waals surface area contributed by atoms with Crippen LogP contribution in [0.1, 0.15) is 20.8 Å². The molecule has 0 spiro atoms. The maximum atomic E-state index is 11.5. The number of ketones is 2. The van der Waals surface area contributed by atoms with Crippen molar-refractivity contribution >= 4 is 11.6 Å². The molecular weight excluding hydrogens is 194 g/mol. The lowest BCUT2D eigenvalue weighted by Crippen LogP contribution is -2.50. The molecule has 0 amide bonds. The number of aliphatic hydroxyl groups excluding tert-OH is 1. The van der Waals surface area contributed by atoms with Gasteiger partial charge in [-0.3, -0.25) is 9.59 Å². The summed E-state index contributed by atoms with van der Waals surface area (Å²) in [6.07, 6.45) is 2.88. The van der Waals surface area contributed by atoms with E-state index in [1.807, 2.05) is 13.8 Å². The number of allylic oxidation sites excluding steroid dienone is 1. The average molecular weight is 211 g/mol. The van der Waals surface area contributed by atoms with E-state index in [0.717, 1.165) is 0 Å². The number of nitrogens with zero attached hydrogens (tertiary/aromatic N) is 1. The number of aliphatic hydroxyl groups is 1. The molecule has 1 aliphatic rings. The van der Waals surface area contributed by atoms with Crippen LogP contribution in [0.5, 0.6) is 0 Å². The van der Waals surface area contributed by atoms with Crippen LogP contribution in [-0.2, 0) is 9.59 Å². The first-order valence-corrected chi connectivity index (χ1v) is 5.13. The lowest BCUT2D eigenvalue weighted by molar-refractivity contribution is -0.138. The first-order valence-electron chi connectivity index (χ1n) is 5.13. The number of Topliss-reactive ketones (excluding diaryl/α,β-unsaturated/α-hetero) is 1. The molecule has 1 unspecified atom stereocenters. The largest absolute Gasteiger partial charge is 0.394 e. The normalized spacial score (nSPS) is 23.8. The maximum absolute atomic E-state index is 11.5. The molecule has 0 saturated carbocycles. The standard InChI is InChI=1S/C11H17NO3/c1-7(2)9(6-13)12-5-4-10(14)11(15)8(12)3/h4-5,7-9,13H,6H2,1-3H3/t8?,9-/m1/s1. The summed E-state index contributed by atoms with van der Waals surface area (Å²) in [4.78, 5) is 24.3. The fourth-order valence-electron chi connectivity index (χ4n) is 1.75. The van der Waals surface area contributed by atoms with Gasteiger partial charge in [-0.25, -0.2) is 0 Å². The molecule has 2 atom stereocenters. The van der Waals surface area contributed by atoms with Gasteiger partial charge in [-0.1, -0.05) is 13.8 Å². The van der Waals surface area contributed by atoms with Crippen molar-refractivity contribution in [3.05, 3.63) is 12.3 Å². The van der Waals surface area contributed by atoms with E-state index in [4.69, 9.17) is 0 Å². The summed E-state index contributed by atoms with van der Waals surface area (Å²) in [5.41, 5.74) is 0. The van der Waals surface area contributed by atoms with Crippen molar-refractivity contribution in [2.75, 3.05) is 6.61 Å². The number of hydrogen-bond donors (Lipinski definition) is 1. The molecule has 4 heteroatoms. The Hall–Kier alpha value is -1.16. The molecule has 84 valence electrons. The van der Waals surface area contributed by atoms with Crippen LogP contribution in [0.2, 0.25) is 0 Å². The Morgan fingerprint density at radius 3 is 2.53 bits per heavy atom. The number of hydrogen-bond acceptors (Lipinski definition) is 4. The Bertz CT molecular complexity index is 296. The van der Waals surface area contributed by atoms with Crippen LogP contribution in [-0.4, -0.2) is 40.3 Å². The molecule has 1 rings (SSSR count). The van der Waals surface area contributed by atoms with E-state index < -0.39 is 17.6 Å². The third kappa shape index (κ3) is 2.26. The summed E-state index contributed by atoms with van der Waals surface area (Å²) >= 11 is 0. The second-order valence-electron chi connectivity index (χ2n) is 4.16. The summed E-state index contributed by atoms with van der Waals surface area (Å²) in [5.74, 6) is -0.640. The van der Waals surface area contributed by atoms with E-state index in [1.54, 1.807) is 18.0 Å². The van der Waals surface area contributed by atoms with Crippen LogP contribution in [0.4, 0.5) is 0 Å². The minimum atomic E-state index is -0.470. The van der Waals surface area contributed by atoms with Gasteiger partial charge in [0.05, 0.1) is 18.7 Å². The molecular formula is C11H17NO3. The van der Waals surface area contributed by atoms with E-state index in [9.17, 15) is 14.7 Å². The van der Waals surface area contributed by atoms with Crippen molar-refractivity contribution in [2.24, 2.45) is 5.92 Å². The second kappa shape index (κ2) is 4.57. The topological polar surface area (TPSA) is 57.6 Å². The Kier molecular flexibility index (Phi) is 3.63. The summed E-state index contributed by atoms with van der Waals surface area (Å²) in [6, 6.07) is -0.588. The Morgan fingerprint density at radius 1 is 1.47 bits per heavy atom. The first-order chi connectivity index (χ1) is 6.99. The molecule has 0 aromatic carbocycles. The third-order valence-electron chi connectivity index (χ3n) is 2.81. The SMILES string of the molecule is CC(C)[C@@H](CO)N1C=CC(=O)C(=O)C1C. The van der Waals surface area contributed by atoms with Crippen molar-refractivity contribution in [2.45, 2.75) is 32.9 Å². The highest BCUT2D eigenvalue weighted by molar-refractivity contribution is 6.43. The molecule has 0 bridgehead atoms. The lowest BCUT2D eigenvalue weighted by Gasteiger charge is -2.37. The van der Waals surface area contributed by atoms with Crippen molar-refractivity contribution in [3.8, 4) is 0 Å². The minimum Gasteiger partial charge on any atom is -0.394 e. The van der Waals surface area contributed by atoms with Crippen LogP contribution in [0.25, 0.3) is 0 Å². The van der Waals surface area contributed by atoms with E-state index in [2.05, 4.69) is 0 Å². The summed E-state index contributed by atoms with van der Waals surface area (Å²) in [6.45, 7) is 5.62. The van der Waals surface area contributed by atoms with Crippen LogP contribution in [0.3, 0.4) is 0 Å². The van der Waals surface area contributed by atoms with Crippen LogP contribution < -0.4 is 0 Å². The van der Waals surface area contributed by atoms with Crippen molar-refractivity contribution in [3.63, 3.8) is 0 Å². The number of carbonyl (C=O) groups excluding carboxylic acids is 2. The van der Waals surface area contributed by atoms with Crippen molar-refractivity contribution < 1.29 is 14.7 Å². The summed E-state index contributed by atoms with van der Waals surface area (Å²) in [5, 5.41) is 9.25. The molecule has 0 saturated heterocycles. The van der Waals surface area contributed by atoms with E-state index in [0.29, 0.717) is 0 Å². The van der Waals surface area contributed by atoms with Gasteiger partial charge >= 0.3 is 0 Å². The third-order valence-corrected chi connectivity index (χ3v) is 2.81. The predicted molar refractivity (Wildman–Crippen MR) is 56.2 cm³/mol. The summed E-state index contributed by atoms with van der Waals surface area (Å²) < 4.78 is 0. The fraction of sp³-hybridized carbons (Fsp3) is 0.636. The van der Waals surface area contributed by atoms with Crippen LogP contribution in [0, 0.1) is 5.92 Å². The number of carbonyl (C=O) groups is 2. The maximum Gasteiger partial charge on any atom is 0.225 e. The monoisotopic (exact) mass is 211 g/mol. The van der Waals surface area contributed by atoms with Gasteiger partial charge < -0.3 is 10.0 Å². The quantitative estimate of drug-likeness (QED) is 0.685. The number of rotatable bonds is 3. The molecule has 1 aliphatic heterocycles. The van der Waals surface area contributed by atoms with Crippen LogP contribution in [0.15, 0.2) is 12.3 Å². The summed E-state index contributed by atoms with van der Waals surface area (Å²) in [7, 11) is 0. The molecule has 0 aromatic heterocycles. The van der Waals surface area contributed by atoms with Gasteiger partial charge in [0, 0.05) is 12.3 Å². The first kappa shape index (κ1) is 11.9. The van der Waals surface area contributed by atoms with Gasteiger partial charge in [0.2, 0.25) is 11.6 Å². The minimum absolute atomic E-state index is 0.0200. The van der Waals surface area contributed by atoms with Crippen molar-refractivity contribution in [1.29, 1.82) is 0 Å². The zero-order valence-corrected chi connectivity index (χ0v) is 9.30. The molecule has 0 aliphatic carbocycles. The second-order valence-corrected chi connectivity index (χ2v) is 4.16. The van der Waals surface area contributed by atoms with Gasteiger partial charge in [0.15, 0.2) is 0 Å². The van der Waals surface area contributed by atoms with Gasteiger partial charge in [-0.15, -0.1) is 0 Å². The highest BCUT2D eigenvalue weighted by Crippen LogP contribution is 2.18. The fourth-order valence-corrected chi connectivity index (χ4v) is 1.75. The highest BCUT2D eigenvalue weighted by Gasteiger charge is 2.32. The Labute approximate surface area is 89.6 Å². The molecule has 4 nitrogen and oxygen atoms in total. The van der Waals surface area contributed by atoms with Crippen molar-refractivity contribution in [1.82, 2.24) is 4.90 Å². The zero-order chi connectivity index (χ0) is 11.6. The van der Waals surface area contributed by atoms with Crippen LogP contribution >= 0.6 is 0 Å². The Balaban J connectivity index is 2.91. The molecule has 0 fully saturated rings. The lowest BCUT2D eigenvalue weighted by atomic mass is 9.97. The average Bonchev–Trinajstić information content (AvgIpc) is 2.18. The molecule has 1 heterocycles. The smallest absolute Gasteiger partial charge is 0.225 e. The molecule has 0 radical (unpaired) electrons. The highest BCUT2D eigenvalue weighted by atomic mass is 16.3. The zero-order valence-electron chi connectivity index (χ0n) is 9.30. The van der Waals surface area contributed by atoms with Gasteiger partial charge in [-0.05, 0) is 12.8 Å². The van der Waals surface area contributed by atoms with Gasteiger partial charge in [0.25, 0.3) is 0 Å². The molecule has 1 N–H and O–H groups in total. The van der Waals surface area contributed by atoms with E-state index in [-0.39, 0.29) is 18.6 Å². The van der Waals surface area contributed by atoms with Gasteiger partial charge in [0.1, 0.15) is 0 Å². The van der Waals surface area contributed by atoms with E-state index in [1.165, 1.54) is 6.08 Å². The van der Waals surface area contributed by atoms with Gasteiger partial charge in [-0.2, -0.15) is 0 Å². The predicted octanol–water partition coefficient (Wildman–Crippen LogP) is 0.359. The van der Waals surface area contributed by atoms with E-state index >= 15 is 0 Å². The molecule has 0 aromatic rings.